The maximum Gasteiger partial charge on any atom is 0.326 e. The number of carboxylic acid groups (broad SMARTS) is 1. The number of anilines is 1. The van der Waals surface area contributed by atoms with Crippen LogP contribution in [0.5, 0.6) is 0 Å². The number of benzene rings is 1. The van der Waals surface area contributed by atoms with E-state index in [2.05, 4.69) is 5.32 Å². The zero-order chi connectivity index (χ0) is 15.5. The summed E-state index contributed by atoms with van der Waals surface area (Å²) in [6.45, 7) is 0. The molecule has 5 nitrogen and oxygen atoms in total. The summed E-state index contributed by atoms with van der Waals surface area (Å²) >= 11 is 0. The van der Waals surface area contributed by atoms with Gasteiger partial charge in [-0.05, 0) is 43.0 Å². The van der Waals surface area contributed by atoms with Gasteiger partial charge in [-0.25, -0.2) is 13.2 Å². The van der Waals surface area contributed by atoms with Crippen molar-refractivity contribution < 1.29 is 18.3 Å². The number of rotatable bonds is 5. The zero-order valence-corrected chi connectivity index (χ0v) is 12.9. The molecule has 0 heterocycles. The molecule has 21 heavy (non-hydrogen) atoms. The minimum Gasteiger partial charge on any atom is -0.480 e. The van der Waals surface area contributed by atoms with E-state index in [-0.39, 0.29) is 10.8 Å². The Bertz CT molecular complexity index is 589. The van der Waals surface area contributed by atoms with Gasteiger partial charge in [0.05, 0.1) is 4.90 Å². The molecule has 0 aromatic heterocycles. The molecule has 0 radical (unpaired) electrons. The first-order valence-corrected chi connectivity index (χ1v) is 9.06. The van der Waals surface area contributed by atoms with Crippen LogP contribution in [0.3, 0.4) is 0 Å². The SMILES string of the molecule is CS(=O)(=O)c1ccc(NC(C(=O)O)C2CCCCC2)cc1. The van der Waals surface area contributed by atoms with Gasteiger partial charge in [0.2, 0.25) is 0 Å². The second-order valence-corrected chi connectivity index (χ2v) is 7.67. The van der Waals surface area contributed by atoms with Crippen LogP contribution >= 0.6 is 0 Å². The molecule has 116 valence electrons. The average molecular weight is 311 g/mol. The van der Waals surface area contributed by atoms with Crippen LogP contribution in [0.4, 0.5) is 5.69 Å². The van der Waals surface area contributed by atoms with Crippen molar-refractivity contribution >= 4 is 21.5 Å². The van der Waals surface area contributed by atoms with Crippen molar-refractivity contribution in [2.24, 2.45) is 5.92 Å². The van der Waals surface area contributed by atoms with Crippen molar-refractivity contribution in [3.05, 3.63) is 24.3 Å². The number of aliphatic carboxylic acids is 1. The Balaban J connectivity index is 2.11. The molecule has 0 amide bonds. The van der Waals surface area contributed by atoms with Crippen molar-refractivity contribution in [3.63, 3.8) is 0 Å². The molecule has 0 spiro atoms. The van der Waals surface area contributed by atoms with Crippen molar-refractivity contribution in [2.75, 3.05) is 11.6 Å². The molecule has 2 N–H and O–H groups in total. The lowest BCUT2D eigenvalue weighted by molar-refractivity contribution is -0.139. The van der Waals surface area contributed by atoms with Crippen LogP contribution in [0.1, 0.15) is 32.1 Å². The topological polar surface area (TPSA) is 83.5 Å². The fraction of sp³-hybridized carbons (Fsp3) is 0.533. The average Bonchev–Trinajstić information content (AvgIpc) is 2.45. The summed E-state index contributed by atoms with van der Waals surface area (Å²) in [4.78, 5) is 11.7. The summed E-state index contributed by atoms with van der Waals surface area (Å²) in [6.07, 6.45) is 6.31. The molecule has 1 fully saturated rings. The highest BCUT2D eigenvalue weighted by atomic mass is 32.2. The smallest absolute Gasteiger partial charge is 0.326 e. The monoisotopic (exact) mass is 311 g/mol. The minimum absolute atomic E-state index is 0.130. The molecule has 1 aromatic carbocycles. The van der Waals surface area contributed by atoms with Gasteiger partial charge < -0.3 is 10.4 Å². The summed E-state index contributed by atoms with van der Waals surface area (Å²) in [5.74, 6) is -0.722. The molecule has 1 atom stereocenters. The van der Waals surface area contributed by atoms with E-state index in [1.807, 2.05) is 0 Å². The molecule has 1 unspecified atom stereocenters. The van der Waals surface area contributed by atoms with E-state index in [1.165, 1.54) is 18.6 Å². The van der Waals surface area contributed by atoms with Gasteiger partial charge in [0.15, 0.2) is 9.84 Å². The number of hydrogen-bond donors (Lipinski definition) is 2. The fourth-order valence-corrected chi connectivity index (χ4v) is 3.46. The number of carbonyl (C=O) groups is 1. The summed E-state index contributed by atoms with van der Waals surface area (Å²) in [5.41, 5.74) is 0.639. The summed E-state index contributed by atoms with van der Waals surface area (Å²) in [7, 11) is -3.23. The number of nitrogens with one attached hydrogen (secondary N) is 1. The van der Waals surface area contributed by atoms with Crippen LogP contribution < -0.4 is 5.32 Å². The van der Waals surface area contributed by atoms with Gasteiger partial charge in [0.1, 0.15) is 6.04 Å². The number of carboxylic acids is 1. The second-order valence-electron chi connectivity index (χ2n) is 5.65. The van der Waals surface area contributed by atoms with E-state index in [1.54, 1.807) is 12.1 Å². The van der Waals surface area contributed by atoms with E-state index in [0.29, 0.717) is 5.69 Å². The van der Waals surface area contributed by atoms with E-state index < -0.39 is 21.8 Å². The molecule has 1 saturated carbocycles. The molecule has 1 aromatic rings. The van der Waals surface area contributed by atoms with Gasteiger partial charge in [-0.1, -0.05) is 19.3 Å². The van der Waals surface area contributed by atoms with Crippen molar-refractivity contribution in [3.8, 4) is 0 Å². The standard InChI is InChI=1S/C15H21NO4S/c1-21(19,20)13-9-7-12(8-10-13)16-14(15(17)18)11-5-3-2-4-6-11/h7-11,14,16H,2-6H2,1H3,(H,17,18). The van der Waals surface area contributed by atoms with Crippen LogP contribution in [0, 0.1) is 5.92 Å². The number of sulfone groups is 1. The Labute approximate surface area is 125 Å². The lowest BCUT2D eigenvalue weighted by atomic mass is 9.84. The molecule has 2 rings (SSSR count). The number of hydrogen-bond acceptors (Lipinski definition) is 4. The molecular weight excluding hydrogens is 290 g/mol. The predicted octanol–water partition coefficient (Wildman–Crippen LogP) is 2.54. The molecule has 1 aliphatic carbocycles. The first-order chi connectivity index (χ1) is 9.88. The Morgan fingerprint density at radius 1 is 1.19 bits per heavy atom. The Kier molecular flexibility index (Phi) is 4.88. The first-order valence-electron chi connectivity index (χ1n) is 7.17. The van der Waals surface area contributed by atoms with Gasteiger partial charge in [0.25, 0.3) is 0 Å². The Hall–Kier alpha value is -1.56. The van der Waals surface area contributed by atoms with Crippen LogP contribution in [0.15, 0.2) is 29.2 Å². The van der Waals surface area contributed by atoms with E-state index in [4.69, 9.17) is 0 Å². The Morgan fingerprint density at radius 3 is 2.24 bits per heavy atom. The molecule has 6 heteroatoms. The highest BCUT2D eigenvalue weighted by Crippen LogP contribution is 2.28. The third-order valence-corrected chi connectivity index (χ3v) is 5.12. The lowest BCUT2D eigenvalue weighted by Crippen LogP contribution is -2.37. The molecular formula is C15H21NO4S. The van der Waals surface area contributed by atoms with Gasteiger partial charge in [0, 0.05) is 11.9 Å². The van der Waals surface area contributed by atoms with Crippen LogP contribution in [-0.2, 0) is 14.6 Å². The summed E-state index contributed by atoms with van der Waals surface area (Å²) in [5, 5.41) is 12.4. The first kappa shape index (κ1) is 15.8. The van der Waals surface area contributed by atoms with Gasteiger partial charge in [-0.15, -0.1) is 0 Å². The quantitative estimate of drug-likeness (QED) is 0.873. The van der Waals surface area contributed by atoms with E-state index in [0.717, 1.165) is 31.9 Å². The van der Waals surface area contributed by atoms with E-state index in [9.17, 15) is 18.3 Å². The van der Waals surface area contributed by atoms with E-state index >= 15 is 0 Å². The zero-order valence-electron chi connectivity index (χ0n) is 12.1. The van der Waals surface area contributed by atoms with Gasteiger partial charge >= 0.3 is 5.97 Å². The summed E-state index contributed by atoms with van der Waals surface area (Å²) < 4.78 is 22.8. The second kappa shape index (κ2) is 6.47. The van der Waals surface area contributed by atoms with Crippen molar-refractivity contribution in [2.45, 2.75) is 43.0 Å². The predicted molar refractivity (Wildman–Crippen MR) is 81.2 cm³/mol. The lowest BCUT2D eigenvalue weighted by Gasteiger charge is -2.28. The summed E-state index contributed by atoms with van der Waals surface area (Å²) in [6, 6.07) is 5.62. The van der Waals surface area contributed by atoms with Gasteiger partial charge in [-0.3, -0.25) is 0 Å². The third kappa shape index (κ3) is 4.20. The third-order valence-electron chi connectivity index (χ3n) is 3.99. The maximum atomic E-state index is 11.5. The van der Waals surface area contributed by atoms with Crippen molar-refractivity contribution in [1.82, 2.24) is 0 Å². The molecule has 1 aliphatic rings. The van der Waals surface area contributed by atoms with Crippen LogP contribution in [-0.4, -0.2) is 31.8 Å². The normalized spacial score (nSPS) is 18.1. The fourth-order valence-electron chi connectivity index (χ4n) is 2.83. The molecule has 0 saturated heterocycles. The van der Waals surface area contributed by atoms with Crippen LogP contribution in [0.25, 0.3) is 0 Å². The highest BCUT2D eigenvalue weighted by Gasteiger charge is 2.29. The van der Waals surface area contributed by atoms with Crippen LogP contribution in [0.2, 0.25) is 0 Å². The molecule has 0 aliphatic heterocycles. The highest BCUT2D eigenvalue weighted by molar-refractivity contribution is 7.90. The van der Waals surface area contributed by atoms with Crippen molar-refractivity contribution in [1.29, 1.82) is 0 Å². The minimum atomic E-state index is -3.23. The Morgan fingerprint density at radius 2 is 1.76 bits per heavy atom. The molecule has 0 bridgehead atoms. The van der Waals surface area contributed by atoms with Gasteiger partial charge in [-0.2, -0.15) is 0 Å². The maximum absolute atomic E-state index is 11.5. The largest absolute Gasteiger partial charge is 0.480 e.